The lowest BCUT2D eigenvalue weighted by molar-refractivity contribution is -0.149. The van der Waals surface area contributed by atoms with E-state index in [1.165, 1.54) is 31.4 Å². The topological polar surface area (TPSA) is 64.6 Å². The van der Waals surface area contributed by atoms with Gasteiger partial charge in [-0.3, -0.25) is 4.79 Å². The molecule has 0 aliphatic carbocycles. The van der Waals surface area contributed by atoms with E-state index in [-0.39, 0.29) is 10.6 Å². The van der Waals surface area contributed by atoms with Crippen molar-refractivity contribution in [2.75, 3.05) is 12.4 Å². The third kappa shape index (κ3) is 6.62. The minimum Gasteiger partial charge on any atom is -0.495 e. The molecule has 1 unspecified atom stereocenters. The molecule has 1 atom stereocenters. The lowest BCUT2D eigenvalue weighted by atomic mass is 10.1. The van der Waals surface area contributed by atoms with Gasteiger partial charge in [0.2, 0.25) is 6.10 Å². The Hall–Kier alpha value is -3.78. The molecule has 1 N–H and O–H groups in total. The van der Waals surface area contributed by atoms with E-state index in [1.54, 1.807) is 42.5 Å². The Morgan fingerprint density at radius 2 is 1.74 bits per heavy atom. The van der Waals surface area contributed by atoms with E-state index in [0.717, 1.165) is 18.2 Å². The van der Waals surface area contributed by atoms with Crippen molar-refractivity contribution < 1.29 is 32.2 Å². The Balaban J connectivity index is 1.77. The van der Waals surface area contributed by atoms with E-state index in [9.17, 15) is 22.8 Å². The summed E-state index contributed by atoms with van der Waals surface area (Å²) < 4.78 is 49.1. The number of nitrogens with one attached hydrogen (secondary N) is 1. The van der Waals surface area contributed by atoms with Gasteiger partial charge in [-0.2, -0.15) is 13.2 Å². The van der Waals surface area contributed by atoms with Gasteiger partial charge in [-0.25, -0.2) is 4.79 Å². The molecule has 0 radical (unpaired) electrons. The van der Waals surface area contributed by atoms with Gasteiger partial charge in [0, 0.05) is 17.3 Å². The molecule has 0 spiro atoms. The number of benzene rings is 3. The number of hydrogen-bond donors (Lipinski definition) is 1. The normalized spacial score (nSPS) is 12.3. The highest BCUT2D eigenvalue weighted by Crippen LogP contribution is 2.30. The first-order chi connectivity index (χ1) is 16.2. The number of anilines is 1. The molecule has 176 valence electrons. The Labute approximate surface area is 198 Å². The van der Waals surface area contributed by atoms with E-state index < -0.39 is 29.7 Å². The Bertz CT molecular complexity index is 1200. The summed E-state index contributed by atoms with van der Waals surface area (Å²) >= 11 is 6.09. The Morgan fingerprint density at radius 3 is 2.38 bits per heavy atom. The first kappa shape index (κ1) is 24.9. The van der Waals surface area contributed by atoms with Gasteiger partial charge < -0.3 is 14.8 Å². The lowest BCUT2D eigenvalue weighted by Gasteiger charge is -2.17. The van der Waals surface area contributed by atoms with Crippen molar-refractivity contribution in [2.45, 2.75) is 12.3 Å². The van der Waals surface area contributed by atoms with Crippen molar-refractivity contribution >= 4 is 35.2 Å². The maximum Gasteiger partial charge on any atom is 0.416 e. The van der Waals surface area contributed by atoms with Crippen LogP contribution in [0.15, 0.2) is 78.9 Å². The van der Waals surface area contributed by atoms with Crippen LogP contribution in [0.2, 0.25) is 5.02 Å². The minimum atomic E-state index is -4.51. The van der Waals surface area contributed by atoms with Crippen molar-refractivity contribution in [2.24, 2.45) is 0 Å². The van der Waals surface area contributed by atoms with Crippen LogP contribution in [0.3, 0.4) is 0 Å². The number of carbonyl (C=O) groups is 2. The standard InChI is InChI=1S/C25H19ClF3NO4/c1-33-21-12-11-19(15-20(21)26)30-24(32)23(17-7-3-2-4-8-17)34-22(31)13-10-16-6-5-9-18(14-16)25(27,28)29/h2-15,23H,1H3,(H,30,32)/b13-10+. The number of hydrogen-bond acceptors (Lipinski definition) is 4. The van der Waals surface area contributed by atoms with E-state index in [1.807, 2.05) is 0 Å². The fraction of sp³-hybridized carbons (Fsp3) is 0.120. The molecule has 34 heavy (non-hydrogen) atoms. The zero-order chi connectivity index (χ0) is 24.7. The molecule has 0 aliphatic rings. The van der Waals surface area contributed by atoms with Gasteiger partial charge >= 0.3 is 12.1 Å². The van der Waals surface area contributed by atoms with Crippen LogP contribution in [0.5, 0.6) is 5.75 Å². The van der Waals surface area contributed by atoms with Gasteiger partial charge in [-0.15, -0.1) is 0 Å². The number of carbonyl (C=O) groups excluding carboxylic acids is 2. The molecular weight excluding hydrogens is 471 g/mol. The fourth-order valence-corrected chi connectivity index (χ4v) is 3.25. The smallest absolute Gasteiger partial charge is 0.416 e. The molecule has 3 aromatic carbocycles. The van der Waals surface area contributed by atoms with Gasteiger partial charge in [0.1, 0.15) is 5.75 Å². The molecule has 5 nitrogen and oxygen atoms in total. The third-order valence-corrected chi connectivity index (χ3v) is 4.91. The Morgan fingerprint density at radius 1 is 1.00 bits per heavy atom. The second-order valence-corrected chi connectivity index (χ2v) is 7.43. The maximum atomic E-state index is 12.9. The van der Waals surface area contributed by atoms with Gasteiger partial charge in [-0.05, 0) is 42.0 Å². The van der Waals surface area contributed by atoms with E-state index in [4.69, 9.17) is 21.1 Å². The molecule has 0 saturated carbocycles. The predicted octanol–water partition coefficient (Wildman–Crippen LogP) is 6.30. The molecule has 0 bridgehead atoms. The summed E-state index contributed by atoms with van der Waals surface area (Å²) in [5.74, 6) is -1.13. The first-order valence-electron chi connectivity index (χ1n) is 9.92. The Kier molecular flexibility index (Phi) is 7.96. The third-order valence-electron chi connectivity index (χ3n) is 4.62. The molecule has 0 aliphatic heterocycles. The molecule has 1 amide bonds. The zero-order valence-corrected chi connectivity index (χ0v) is 18.6. The lowest BCUT2D eigenvalue weighted by Crippen LogP contribution is -2.25. The highest BCUT2D eigenvalue weighted by atomic mass is 35.5. The molecule has 0 aromatic heterocycles. The van der Waals surface area contributed by atoms with Crippen molar-refractivity contribution in [1.29, 1.82) is 0 Å². The number of rotatable bonds is 7. The van der Waals surface area contributed by atoms with Crippen LogP contribution >= 0.6 is 11.6 Å². The van der Waals surface area contributed by atoms with Crippen LogP contribution in [0.25, 0.3) is 6.08 Å². The molecule has 3 aromatic rings. The second kappa shape index (κ2) is 10.9. The van der Waals surface area contributed by atoms with Gasteiger partial charge in [-0.1, -0.05) is 54.1 Å². The number of ether oxygens (including phenoxy) is 2. The summed E-state index contributed by atoms with van der Waals surface area (Å²) in [5, 5.41) is 2.91. The largest absolute Gasteiger partial charge is 0.495 e. The predicted molar refractivity (Wildman–Crippen MR) is 122 cm³/mol. The molecule has 3 rings (SSSR count). The summed E-state index contributed by atoms with van der Waals surface area (Å²) in [7, 11) is 1.46. The molecule has 0 fully saturated rings. The number of halogens is 4. The first-order valence-corrected chi connectivity index (χ1v) is 10.3. The summed E-state index contributed by atoms with van der Waals surface area (Å²) in [5.41, 5.74) is 0.0655. The SMILES string of the molecule is COc1ccc(NC(=O)C(OC(=O)/C=C/c2cccc(C(F)(F)F)c2)c2ccccc2)cc1Cl. The highest BCUT2D eigenvalue weighted by Gasteiger charge is 2.30. The van der Waals surface area contributed by atoms with Gasteiger partial charge in [0.15, 0.2) is 0 Å². The highest BCUT2D eigenvalue weighted by molar-refractivity contribution is 6.32. The summed E-state index contributed by atoms with van der Waals surface area (Å²) in [6.45, 7) is 0. The molecule has 0 saturated heterocycles. The number of methoxy groups -OCH3 is 1. The van der Waals surface area contributed by atoms with Crippen molar-refractivity contribution in [3.63, 3.8) is 0 Å². The van der Waals surface area contributed by atoms with Gasteiger partial charge in [0.05, 0.1) is 17.7 Å². The van der Waals surface area contributed by atoms with E-state index in [0.29, 0.717) is 17.0 Å². The van der Waals surface area contributed by atoms with Crippen LogP contribution in [0.1, 0.15) is 22.8 Å². The van der Waals surface area contributed by atoms with Crippen molar-refractivity contribution in [3.8, 4) is 5.75 Å². The molecule has 9 heteroatoms. The van der Waals surface area contributed by atoms with Crippen LogP contribution in [-0.2, 0) is 20.5 Å². The second-order valence-electron chi connectivity index (χ2n) is 7.02. The fourth-order valence-electron chi connectivity index (χ4n) is 2.99. The van der Waals surface area contributed by atoms with E-state index in [2.05, 4.69) is 5.32 Å². The van der Waals surface area contributed by atoms with Crippen molar-refractivity contribution in [3.05, 3.63) is 101 Å². The number of amides is 1. The number of alkyl halides is 3. The van der Waals surface area contributed by atoms with E-state index >= 15 is 0 Å². The summed E-state index contributed by atoms with van der Waals surface area (Å²) in [4.78, 5) is 25.4. The minimum absolute atomic E-state index is 0.153. The quantitative estimate of drug-likeness (QED) is 0.312. The molecule has 0 heterocycles. The van der Waals surface area contributed by atoms with Crippen molar-refractivity contribution in [1.82, 2.24) is 0 Å². The average Bonchev–Trinajstić information content (AvgIpc) is 2.81. The van der Waals surface area contributed by atoms with Crippen LogP contribution in [-0.4, -0.2) is 19.0 Å². The van der Waals surface area contributed by atoms with Crippen LogP contribution in [0, 0.1) is 0 Å². The maximum absolute atomic E-state index is 12.9. The van der Waals surface area contributed by atoms with Crippen LogP contribution in [0.4, 0.5) is 18.9 Å². The van der Waals surface area contributed by atoms with Gasteiger partial charge in [0.25, 0.3) is 5.91 Å². The number of esters is 1. The average molecular weight is 490 g/mol. The molecular formula is C25H19ClF3NO4. The summed E-state index contributed by atoms with van der Waals surface area (Å²) in [6.07, 6.45) is -3.68. The van der Waals surface area contributed by atoms with Crippen LogP contribution < -0.4 is 10.1 Å². The monoisotopic (exact) mass is 489 g/mol. The summed E-state index contributed by atoms with van der Waals surface area (Å²) in [6, 6.07) is 17.4. The zero-order valence-electron chi connectivity index (χ0n) is 17.8.